The summed E-state index contributed by atoms with van der Waals surface area (Å²) in [6.45, 7) is 3.21. The maximum Gasteiger partial charge on any atom is 0.281 e. The van der Waals surface area contributed by atoms with E-state index >= 15 is 0 Å². The highest BCUT2D eigenvalue weighted by molar-refractivity contribution is 7.86. The van der Waals surface area contributed by atoms with E-state index in [2.05, 4.69) is 9.88 Å². The van der Waals surface area contributed by atoms with Crippen molar-refractivity contribution in [1.29, 1.82) is 0 Å². The van der Waals surface area contributed by atoms with Gasteiger partial charge in [0.2, 0.25) is 0 Å². The topological polar surface area (TPSA) is 82.8 Å². The van der Waals surface area contributed by atoms with Crippen molar-refractivity contribution in [3.05, 3.63) is 24.4 Å². The summed E-state index contributed by atoms with van der Waals surface area (Å²) in [5.74, 6) is 0.894. The molecule has 2 N–H and O–H groups in total. The van der Waals surface area contributed by atoms with E-state index in [-0.39, 0.29) is 0 Å². The summed E-state index contributed by atoms with van der Waals surface area (Å²) < 4.78 is 27.7. The lowest BCUT2D eigenvalue weighted by atomic mass is 10.3. The lowest BCUT2D eigenvalue weighted by molar-refractivity contribution is 0.341. The van der Waals surface area contributed by atoms with Crippen LogP contribution in [0, 0.1) is 0 Å². The third-order valence-electron chi connectivity index (χ3n) is 3.61. The number of rotatable bonds is 6. The Kier molecular flexibility index (Phi) is 5.51. The third kappa shape index (κ3) is 3.91. The van der Waals surface area contributed by atoms with Crippen molar-refractivity contribution in [3.63, 3.8) is 0 Å². The molecule has 0 unspecified atom stereocenters. The summed E-state index contributed by atoms with van der Waals surface area (Å²) in [5, 5.41) is 0. The molecule has 2 heterocycles. The quantitative estimate of drug-likeness (QED) is 0.782. The molecule has 8 heteroatoms. The largest absolute Gasteiger partial charge is 0.354 e. The first-order chi connectivity index (χ1) is 10.1. The van der Waals surface area contributed by atoms with Gasteiger partial charge in [-0.1, -0.05) is 6.07 Å². The fourth-order valence-electron chi connectivity index (χ4n) is 2.32. The van der Waals surface area contributed by atoms with E-state index < -0.39 is 10.2 Å². The van der Waals surface area contributed by atoms with E-state index in [9.17, 15) is 8.42 Å². The van der Waals surface area contributed by atoms with E-state index in [4.69, 9.17) is 5.73 Å². The van der Waals surface area contributed by atoms with Crippen LogP contribution in [-0.2, 0) is 10.2 Å². The predicted molar refractivity (Wildman–Crippen MR) is 83.2 cm³/mol. The Morgan fingerprint density at radius 3 is 2.57 bits per heavy atom. The van der Waals surface area contributed by atoms with Gasteiger partial charge in [0, 0.05) is 46.0 Å². The molecule has 7 nitrogen and oxygen atoms in total. The molecular weight excluding hydrogens is 290 g/mol. The van der Waals surface area contributed by atoms with Crippen LogP contribution >= 0.6 is 0 Å². The van der Waals surface area contributed by atoms with Gasteiger partial charge in [0.25, 0.3) is 10.2 Å². The molecule has 1 aromatic heterocycles. The zero-order valence-electron chi connectivity index (χ0n) is 12.4. The van der Waals surface area contributed by atoms with Crippen molar-refractivity contribution >= 4 is 16.0 Å². The monoisotopic (exact) mass is 313 g/mol. The Balaban J connectivity index is 1.94. The highest BCUT2D eigenvalue weighted by Gasteiger charge is 2.30. The molecule has 0 atom stereocenters. The highest BCUT2D eigenvalue weighted by Crippen LogP contribution is 2.16. The smallest absolute Gasteiger partial charge is 0.281 e. The third-order valence-corrected chi connectivity index (χ3v) is 5.60. The molecule has 0 aliphatic carbocycles. The molecule has 1 fully saturated rings. The van der Waals surface area contributed by atoms with Gasteiger partial charge in [-0.25, -0.2) is 4.98 Å². The Bertz CT molecular complexity index is 529. The van der Waals surface area contributed by atoms with Crippen LogP contribution in [-0.4, -0.2) is 68.3 Å². The molecule has 0 spiro atoms. The van der Waals surface area contributed by atoms with Gasteiger partial charge in [0.15, 0.2) is 0 Å². The molecule has 0 amide bonds. The first kappa shape index (κ1) is 16.2. The fourth-order valence-corrected chi connectivity index (χ4v) is 3.69. The number of hydrogen-bond acceptors (Lipinski definition) is 5. The van der Waals surface area contributed by atoms with E-state index in [0.29, 0.717) is 45.7 Å². The normalized spacial score (nSPS) is 17.4. The van der Waals surface area contributed by atoms with Crippen LogP contribution in [0.4, 0.5) is 5.82 Å². The maximum atomic E-state index is 12.4. The average Bonchev–Trinajstić information content (AvgIpc) is 2.53. The molecule has 0 bridgehead atoms. The van der Waals surface area contributed by atoms with E-state index in [1.165, 1.54) is 8.61 Å². The Labute approximate surface area is 126 Å². The Morgan fingerprint density at radius 2 is 2.00 bits per heavy atom. The summed E-state index contributed by atoms with van der Waals surface area (Å²) in [5.41, 5.74) is 5.43. The van der Waals surface area contributed by atoms with Gasteiger partial charge in [-0.3, -0.25) is 0 Å². The number of piperazine rings is 1. The summed E-state index contributed by atoms with van der Waals surface area (Å²) in [4.78, 5) is 6.40. The minimum absolute atomic E-state index is 0.458. The summed E-state index contributed by atoms with van der Waals surface area (Å²) in [6.07, 6.45) is 2.42. The van der Waals surface area contributed by atoms with E-state index in [0.717, 1.165) is 5.82 Å². The van der Waals surface area contributed by atoms with Crippen molar-refractivity contribution in [3.8, 4) is 0 Å². The minimum atomic E-state index is -3.38. The maximum absolute atomic E-state index is 12.4. The van der Waals surface area contributed by atoms with Gasteiger partial charge in [-0.05, 0) is 25.1 Å². The van der Waals surface area contributed by atoms with Crippen molar-refractivity contribution in [2.45, 2.75) is 6.42 Å². The fraction of sp³-hybridized carbons (Fsp3) is 0.615. The molecule has 0 radical (unpaired) electrons. The van der Waals surface area contributed by atoms with Gasteiger partial charge < -0.3 is 10.6 Å². The standard InChI is InChI=1S/C13H23N5O2S/c1-16(8-4-6-14)21(19,20)18-11-9-17(10-12-18)13-5-2-3-7-15-13/h2-3,5,7H,4,6,8-12,14H2,1H3. The number of nitrogens with zero attached hydrogens (tertiary/aromatic N) is 4. The second-order valence-corrected chi connectivity index (χ2v) is 7.08. The van der Waals surface area contributed by atoms with Gasteiger partial charge in [0.05, 0.1) is 0 Å². The zero-order chi connectivity index (χ0) is 15.3. The zero-order valence-corrected chi connectivity index (χ0v) is 13.2. The van der Waals surface area contributed by atoms with Crippen LogP contribution in [0.3, 0.4) is 0 Å². The molecule has 1 saturated heterocycles. The van der Waals surface area contributed by atoms with Crippen LogP contribution in [0.25, 0.3) is 0 Å². The van der Waals surface area contributed by atoms with Crippen LogP contribution in [0.15, 0.2) is 24.4 Å². The number of nitrogens with two attached hydrogens (primary N) is 1. The van der Waals surface area contributed by atoms with Gasteiger partial charge in [-0.2, -0.15) is 17.0 Å². The summed E-state index contributed by atoms with van der Waals surface area (Å²) >= 11 is 0. The number of pyridine rings is 1. The van der Waals surface area contributed by atoms with Crippen LogP contribution in [0.1, 0.15) is 6.42 Å². The lowest BCUT2D eigenvalue weighted by Crippen LogP contribution is -2.52. The Morgan fingerprint density at radius 1 is 1.29 bits per heavy atom. The van der Waals surface area contributed by atoms with Gasteiger partial charge in [-0.15, -0.1) is 0 Å². The summed E-state index contributed by atoms with van der Waals surface area (Å²) in [7, 11) is -1.77. The first-order valence-electron chi connectivity index (χ1n) is 7.13. The lowest BCUT2D eigenvalue weighted by Gasteiger charge is -2.36. The van der Waals surface area contributed by atoms with Crippen molar-refractivity contribution in [2.75, 3.05) is 51.2 Å². The second-order valence-electron chi connectivity index (χ2n) is 5.05. The van der Waals surface area contributed by atoms with Crippen LogP contribution < -0.4 is 10.6 Å². The second kappa shape index (κ2) is 7.17. The van der Waals surface area contributed by atoms with E-state index in [1.54, 1.807) is 13.2 Å². The number of aromatic nitrogens is 1. The van der Waals surface area contributed by atoms with E-state index in [1.807, 2.05) is 18.2 Å². The molecule has 2 rings (SSSR count). The van der Waals surface area contributed by atoms with Crippen LogP contribution in [0.2, 0.25) is 0 Å². The molecule has 1 aromatic rings. The molecule has 1 aliphatic rings. The van der Waals surface area contributed by atoms with Gasteiger partial charge >= 0.3 is 0 Å². The predicted octanol–water partition coefficient (Wildman–Crippen LogP) is -0.271. The number of hydrogen-bond donors (Lipinski definition) is 1. The highest BCUT2D eigenvalue weighted by atomic mass is 32.2. The molecule has 1 aliphatic heterocycles. The average molecular weight is 313 g/mol. The van der Waals surface area contributed by atoms with Crippen molar-refractivity contribution in [1.82, 2.24) is 13.6 Å². The molecular formula is C13H23N5O2S. The van der Waals surface area contributed by atoms with Crippen molar-refractivity contribution < 1.29 is 8.42 Å². The SMILES string of the molecule is CN(CCCN)S(=O)(=O)N1CCN(c2ccccn2)CC1. The summed E-state index contributed by atoms with van der Waals surface area (Å²) in [6, 6.07) is 5.75. The Hall–Kier alpha value is -1.22. The first-order valence-corrected chi connectivity index (χ1v) is 8.53. The van der Waals surface area contributed by atoms with Gasteiger partial charge in [0.1, 0.15) is 5.82 Å². The van der Waals surface area contributed by atoms with Crippen LogP contribution in [0.5, 0.6) is 0 Å². The minimum Gasteiger partial charge on any atom is -0.354 e. The molecule has 0 saturated carbocycles. The number of anilines is 1. The molecule has 0 aromatic carbocycles. The molecule has 118 valence electrons. The van der Waals surface area contributed by atoms with Crippen molar-refractivity contribution in [2.24, 2.45) is 5.73 Å². The molecule has 21 heavy (non-hydrogen) atoms.